The standard InChI is InChI=1S/C19H14F2N2O2/c1-11-4-2-3-5-16(11)23-17(24)9-8-14(19(23)22)18(25)13-7-6-12(20)10-15(13)21/h2-10H,22H2,1H3. The van der Waals surface area contributed by atoms with Gasteiger partial charge in [0.25, 0.3) is 5.56 Å². The van der Waals surface area contributed by atoms with E-state index in [2.05, 4.69) is 0 Å². The smallest absolute Gasteiger partial charge is 0.256 e. The second-order valence-electron chi connectivity index (χ2n) is 5.55. The van der Waals surface area contributed by atoms with E-state index in [1.807, 2.05) is 6.07 Å². The molecule has 0 unspecified atom stereocenters. The van der Waals surface area contributed by atoms with E-state index in [-0.39, 0.29) is 16.9 Å². The molecular formula is C19H14F2N2O2. The number of nitrogens with two attached hydrogens (primary N) is 1. The first-order valence-electron chi connectivity index (χ1n) is 7.47. The number of nitrogens with zero attached hydrogens (tertiary/aromatic N) is 1. The molecule has 3 rings (SSSR count). The molecule has 0 aliphatic carbocycles. The summed E-state index contributed by atoms with van der Waals surface area (Å²) in [5, 5.41) is 0. The lowest BCUT2D eigenvalue weighted by Gasteiger charge is -2.15. The van der Waals surface area contributed by atoms with Crippen LogP contribution >= 0.6 is 0 Å². The largest absolute Gasteiger partial charge is 0.384 e. The molecule has 126 valence electrons. The molecule has 25 heavy (non-hydrogen) atoms. The van der Waals surface area contributed by atoms with Crippen molar-refractivity contribution in [1.29, 1.82) is 0 Å². The molecule has 4 nitrogen and oxygen atoms in total. The van der Waals surface area contributed by atoms with Crippen molar-refractivity contribution in [3.05, 3.63) is 93.3 Å². The minimum absolute atomic E-state index is 0.0339. The molecule has 0 amide bonds. The zero-order valence-corrected chi connectivity index (χ0v) is 13.3. The fourth-order valence-corrected chi connectivity index (χ4v) is 2.63. The number of hydrogen-bond acceptors (Lipinski definition) is 3. The summed E-state index contributed by atoms with van der Waals surface area (Å²) in [5.41, 5.74) is 6.60. The summed E-state index contributed by atoms with van der Waals surface area (Å²) in [4.78, 5) is 24.9. The highest BCUT2D eigenvalue weighted by Crippen LogP contribution is 2.22. The van der Waals surface area contributed by atoms with Gasteiger partial charge in [0, 0.05) is 12.1 Å². The van der Waals surface area contributed by atoms with Crippen molar-refractivity contribution in [2.75, 3.05) is 5.73 Å². The number of carbonyl (C=O) groups excluding carboxylic acids is 1. The van der Waals surface area contributed by atoms with E-state index in [0.29, 0.717) is 11.8 Å². The molecule has 0 bridgehead atoms. The SMILES string of the molecule is Cc1ccccc1-n1c(N)c(C(=O)c2ccc(F)cc2F)ccc1=O. The van der Waals surface area contributed by atoms with E-state index in [9.17, 15) is 18.4 Å². The third kappa shape index (κ3) is 2.94. The summed E-state index contributed by atoms with van der Waals surface area (Å²) in [7, 11) is 0. The zero-order chi connectivity index (χ0) is 18.1. The number of nitrogen functional groups attached to an aromatic ring is 1. The van der Waals surface area contributed by atoms with Crippen LogP contribution in [0.2, 0.25) is 0 Å². The molecule has 2 aromatic carbocycles. The fourth-order valence-electron chi connectivity index (χ4n) is 2.63. The van der Waals surface area contributed by atoms with Crippen LogP contribution in [0.25, 0.3) is 5.69 Å². The van der Waals surface area contributed by atoms with Gasteiger partial charge in [0.05, 0.1) is 16.8 Å². The van der Waals surface area contributed by atoms with Crippen molar-refractivity contribution in [1.82, 2.24) is 4.57 Å². The molecule has 0 radical (unpaired) electrons. The van der Waals surface area contributed by atoms with Gasteiger partial charge in [0.2, 0.25) is 0 Å². The highest BCUT2D eigenvalue weighted by atomic mass is 19.1. The van der Waals surface area contributed by atoms with E-state index in [0.717, 1.165) is 17.7 Å². The molecule has 6 heteroatoms. The number of rotatable bonds is 3. The summed E-state index contributed by atoms with van der Waals surface area (Å²) >= 11 is 0. The van der Waals surface area contributed by atoms with Gasteiger partial charge in [-0.3, -0.25) is 14.2 Å². The number of halogens is 2. The van der Waals surface area contributed by atoms with Crippen LogP contribution < -0.4 is 11.3 Å². The lowest BCUT2D eigenvalue weighted by Crippen LogP contribution is -2.24. The number of ketones is 1. The van der Waals surface area contributed by atoms with E-state index in [1.165, 1.54) is 16.7 Å². The lowest BCUT2D eigenvalue weighted by atomic mass is 10.0. The van der Waals surface area contributed by atoms with Gasteiger partial charge in [0.1, 0.15) is 17.5 Å². The Hall–Kier alpha value is -3.28. The van der Waals surface area contributed by atoms with Crippen LogP contribution in [0, 0.1) is 18.6 Å². The van der Waals surface area contributed by atoms with Crippen molar-refractivity contribution in [3.8, 4) is 5.69 Å². The molecule has 0 atom stereocenters. The van der Waals surface area contributed by atoms with Gasteiger partial charge in [0.15, 0.2) is 5.78 Å². The minimum atomic E-state index is -0.988. The van der Waals surface area contributed by atoms with Crippen LogP contribution in [0.5, 0.6) is 0 Å². The second kappa shape index (κ2) is 6.32. The molecular weight excluding hydrogens is 326 g/mol. The Morgan fingerprint density at radius 1 is 1.00 bits per heavy atom. The van der Waals surface area contributed by atoms with Crippen LogP contribution in [0.4, 0.5) is 14.6 Å². The fraction of sp³-hybridized carbons (Fsp3) is 0.0526. The highest BCUT2D eigenvalue weighted by molar-refractivity contribution is 6.11. The van der Waals surface area contributed by atoms with E-state index < -0.39 is 23.0 Å². The van der Waals surface area contributed by atoms with Crippen molar-refractivity contribution >= 4 is 11.6 Å². The second-order valence-corrected chi connectivity index (χ2v) is 5.55. The van der Waals surface area contributed by atoms with Crippen molar-refractivity contribution < 1.29 is 13.6 Å². The predicted octanol–water partition coefficient (Wildman–Crippen LogP) is 3.24. The molecule has 0 fully saturated rings. The van der Waals surface area contributed by atoms with E-state index in [1.54, 1.807) is 25.1 Å². The van der Waals surface area contributed by atoms with Crippen LogP contribution in [0.3, 0.4) is 0 Å². The average Bonchev–Trinajstić information content (AvgIpc) is 2.56. The predicted molar refractivity (Wildman–Crippen MR) is 91.0 cm³/mol. The Kier molecular flexibility index (Phi) is 4.19. The summed E-state index contributed by atoms with van der Waals surface area (Å²) in [6.07, 6.45) is 0. The molecule has 0 spiro atoms. The maximum Gasteiger partial charge on any atom is 0.256 e. The summed E-state index contributed by atoms with van der Waals surface area (Å²) in [6.45, 7) is 1.80. The van der Waals surface area contributed by atoms with Crippen LogP contribution in [-0.4, -0.2) is 10.4 Å². The van der Waals surface area contributed by atoms with Gasteiger partial charge in [-0.1, -0.05) is 18.2 Å². The molecule has 3 aromatic rings. The number of benzene rings is 2. The topological polar surface area (TPSA) is 65.1 Å². The summed E-state index contributed by atoms with van der Waals surface area (Å²) in [5.74, 6) is -2.60. The van der Waals surface area contributed by atoms with Gasteiger partial charge in [-0.15, -0.1) is 0 Å². The molecule has 0 aliphatic heterocycles. The normalized spacial score (nSPS) is 10.7. The Bertz CT molecular complexity index is 1040. The first-order valence-corrected chi connectivity index (χ1v) is 7.47. The lowest BCUT2D eigenvalue weighted by molar-refractivity contribution is 0.103. The van der Waals surface area contributed by atoms with Gasteiger partial charge < -0.3 is 5.73 Å². The average molecular weight is 340 g/mol. The number of aromatic nitrogens is 1. The van der Waals surface area contributed by atoms with Gasteiger partial charge in [-0.25, -0.2) is 8.78 Å². The molecule has 0 saturated heterocycles. The molecule has 0 saturated carbocycles. The number of anilines is 1. The monoisotopic (exact) mass is 340 g/mol. The van der Waals surface area contributed by atoms with Crippen molar-refractivity contribution in [2.45, 2.75) is 6.92 Å². The maximum atomic E-state index is 13.9. The number of aryl methyl sites for hydroxylation is 1. The van der Waals surface area contributed by atoms with Crippen molar-refractivity contribution in [3.63, 3.8) is 0 Å². The Labute approximate surface area is 142 Å². The number of pyridine rings is 1. The first-order chi connectivity index (χ1) is 11.9. The maximum absolute atomic E-state index is 13.9. The van der Waals surface area contributed by atoms with Gasteiger partial charge >= 0.3 is 0 Å². The third-order valence-corrected chi connectivity index (χ3v) is 3.91. The van der Waals surface area contributed by atoms with Gasteiger partial charge in [-0.2, -0.15) is 0 Å². The minimum Gasteiger partial charge on any atom is -0.384 e. The highest BCUT2D eigenvalue weighted by Gasteiger charge is 2.20. The van der Waals surface area contributed by atoms with Crippen LogP contribution in [0.1, 0.15) is 21.5 Å². The molecule has 0 aliphatic rings. The van der Waals surface area contributed by atoms with E-state index in [4.69, 9.17) is 5.73 Å². The third-order valence-electron chi connectivity index (χ3n) is 3.91. The van der Waals surface area contributed by atoms with Gasteiger partial charge in [-0.05, 0) is 36.8 Å². The quantitative estimate of drug-likeness (QED) is 0.745. The molecule has 1 aromatic heterocycles. The van der Waals surface area contributed by atoms with E-state index >= 15 is 0 Å². The Morgan fingerprint density at radius 2 is 1.68 bits per heavy atom. The zero-order valence-electron chi connectivity index (χ0n) is 13.3. The molecule has 1 heterocycles. The Morgan fingerprint density at radius 3 is 2.36 bits per heavy atom. The molecule has 2 N–H and O–H groups in total. The summed E-state index contributed by atoms with van der Waals surface area (Å²) in [6, 6.07) is 12.1. The number of carbonyl (C=O) groups is 1. The van der Waals surface area contributed by atoms with Crippen LogP contribution in [0.15, 0.2) is 59.4 Å². The number of hydrogen-bond donors (Lipinski definition) is 1. The summed E-state index contributed by atoms with van der Waals surface area (Å²) < 4.78 is 28.2. The first kappa shape index (κ1) is 16.6. The number of para-hydroxylation sites is 1. The van der Waals surface area contributed by atoms with Crippen molar-refractivity contribution in [2.24, 2.45) is 0 Å². The Balaban J connectivity index is 2.19. The van der Waals surface area contributed by atoms with Crippen LogP contribution in [-0.2, 0) is 0 Å².